The minimum atomic E-state index is -0.871. The molecule has 8 heteroatoms. The van der Waals surface area contributed by atoms with E-state index in [1.807, 2.05) is 21.1 Å². The zero-order valence-corrected chi connectivity index (χ0v) is 43.7. The van der Waals surface area contributed by atoms with Crippen LogP contribution >= 0.6 is 0 Å². The number of aliphatic carboxylic acids is 1. The first-order chi connectivity index (χ1) is 31.6. The van der Waals surface area contributed by atoms with Crippen molar-refractivity contribution in [1.29, 1.82) is 0 Å². The van der Waals surface area contributed by atoms with Crippen molar-refractivity contribution in [3.05, 3.63) is 24.3 Å². The Labute approximate surface area is 402 Å². The van der Waals surface area contributed by atoms with Gasteiger partial charge in [0.05, 0.1) is 34.4 Å². The SMILES string of the molecule is CCCCC/C=C/C=C/CCCCCCCCCCCCC(=O)OCC(COCCC(C(=O)O)[N+](C)(C)C)OC(=O)CCCCCCCCCCCCCCCCCCCCCCCC. The maximum Gasteiger partial charge on any atom is 0.362 e. The molecule has 0 aliphatic carbocycles. The molecule has 65 heavy (non-hydrogen) atoms. The van der Waals surface area contributed by atoms with Gasteiger partial charge in [0.25, 0.3) is 0 Å². The predicted molar refractivity (Wildman–Crippen MR) is 275 cm³/mol. The topological polar surface area (TPSA) is 99.1 Å². The quantitative estimate of drug-likeness (QED) is 0.0281. The molecule has 0 bridgehead atoms. The molecule has 2 atom stereocenters. The number of carboxylic acid groups (broad SMARTS) is 1. The molecule has 0 aromatic heterocycles. The van der Waals surface area contributed by atoms with Crippen LogP contribution in [0.2, 0.25) is 0 Å². The molecule has 0 aliphatic heterocycles. The monoisotopic (exact) mass is 919 g/mol. The van der Waals surface area contributed by atoms with Crippen molar-refractivity contribution in [2.24, 2.45) is 0 Å². The normalized spacial score (nSPS) is 12.9. The van der Waals surface area contributed by atoms with Gasteiger partial charge in [0, 0.05) is 19.3 Å². The van der Waals surface area contributed by atoms with Crippen molar-refractivity contribution in [3.63, 3.8) is 0 Å². The summed E-state index contributed by atoms with van der Waals surface area (Å²) in [5.74, 6) is -1.45. The van der Waals surface area contributed by atoms with Crippen LogP contribution in [0.4, 0.5) is 0 Å². The van der Waals surface area contributed by atoms with E-state index in [0.29, 0.717) is 19.3 Å². The number of carboxylic acids is 1. The Balaban J connectivity index is 4.15. The molecule has 0 aromatic carbocycles. The fourth-order valence-corrected chi connectivity index (χ4v) is 8.56. The number of likely N-dealkylation sites (N-methyl/N-ethyl adjacent to an activating group) is 1. The van der Waals surface area contributed by atoms with Gasteiger partial charge in [0.15, 0.2) is 12.1 Å². The maximum atomic E-state index is 12.8. The Morgan fingerprint density at radius 3 is 1.18 bits per heavy atom. The third-order valence-corrected chi connectivity index (χ3v) is 12.9. The number of allylic oxidation sites excluding steroid dienone is 4. The summed E-state index contributed by atoms with van der Waals surface area (Å²) in [5.41, 5.74) is 0. The number of esters is 2. The first-order valence-corrected chi connectivity index (χ1v) is 27.9. The number of unbranched alkanes of at least 4 members (excludes halogenated alkanes) is 34. The van der Waals surface area contributed by atoms with E-state index in [1.165, 1.54) is 199 Å². The second kappa shape index (κ2) is 48.3. The van der Waals surface area contributed by atoms with Crippen molar-refractivity contribution >= 4 is 17.9 Å². The fraction of sp³-hybridized carbons (Fsp3) is 0.877. The van der Waals surface area contributed by atoms with Crippen LogP contribution in [0.25, 0.3) is 0 Å². The molecule has 0 saturated heterocycles. The smallest absolute Gasteiger partial charge is 0.362 e. The van der Waals surface area contributed by atoms with Gasteiger partial charge in [-0.2, -0.15) is 0 Å². The first kappa shape index (κ1) is 62.8. The summed E-state index contributed by atoms with van der Waals surface area (Å²) < 4.78 is 17.4. The second-order valence-corrected chi connectivity index (χ2v) is 20.2. The molecule has 1 N–H and O–H groups in total. The van der Waals surface area contributed by atoms with Crippen molar-refractivity contribution < 1.29 is 38.2 Å². The summed E-state index contributed by atoms with van der Waals surface area (Å²) in [6, 6.07) is -0.613. The lowest BCUT2D eigenvalue weighted by atomic mass is 10.0. The van der Waals surface area contributed by atoms with E-state index in [4.69, 9.17) is 14.2 Å². The fourth-order valence-electron chi connectivity index (χ4n) is 8.56. The maximum absolute atomic E-state index is 12.8. The van der Waals surface area contributed by atoms with Crippen LogP contribution in [0.15, 0.2) is 24.3 Å². The molecule has 2 unspecified atom stereocenters. The van der Waals surface area contributed by atoms with E-state index in [9.17, 15) is 19.5 Å². The number of carbonyl (C=O) groups is 3. The van der Waals surface area contributed by atoms with Crippen LogP contribution in [-0.4, -0.2) is 80.6 Å². The van der Waals surface area contributed by atoms with E-state index in [0.717, 1.165) is 38.5 Å². The summed E-state index contributed by atoms with van der Waals surface area (Å²) in [6.07, 6.45) is 56.6. The Morgan fingerprint density at radius 1 is 0.462 bits per heavy atom. The largest absolute Gasteiger partial charge is 0.477 e. The minimum Gasteiger partial charge on any atom is -0.477 e. The molecule has 0 radical (unpaired) electrons. The molecule has 0 saturated carbocycles. The van der Waals surface area contributed by atoms with Gasteiger partial charge >= 0.3 is 17.9 Å². The highest BCUT2D eigenvalue weighted by molar-refractivity contribution is 5.72. The van der Waals surface area contributed by atoms with E-state index in [1.54, 1.807) is 0 Å². The molecule has 0 aromatic rings. The van der Waals surface area contributed by atoms with E-state index >= 15 is 0 Å². The van der Waals surface area contributed by atoms with Gasteiger partial charge in [0.1, 0.15) is 6.61 Å². The molecule has 0 aliphatic rings. The zero-order valence-electron chi connectivity index (χ0n) is 43.7. The van der Waals surface area contributed by atoms with Gasteiger partial charge < -0.3 is 23.8 Å². The number of ether oxygens (including phenoxy) is 3. The van der Waals surface area contributed by atoms with E-state index < -0.39 is 18.1 Å². The molecule has 0 spiro atoms. The lowest BCUT2D eigenvalue weighted by Crippen LogP contribution is -2.50. The summed E-state index contributed by atoms with van der Waals surface area (Å²) >= 11 is 0. The van der Waals surface area contributed by atoms with Crippen molar-refractivity contribution in [2.45, 2.75) is 283 Å². The van der Waals surface area contributed by atoms with Crippen molar-refractivity contribution in [3.8, 4) is 0 Å². The molecule has 8 nitrogen and oxygen atoms in total. The van der Waals surface area contributed by atoms with Crippen LogP contribution in [0.3, 0.4) is 0 Å². The molecule has 0 heterocycles. The van der Waals surface area contributed by atoms with Gasteiger partial charge in [-0.05, 0) is 38.5 Å². The highest BCUT2D eigenvalue weighted by Crippen LogP contribution is 2.17. The van der Waals surface area contributed by atoms with Gasteiger partial charge in [-0.15, -0.1) is 0 Å². The van der Waals surface area contributed by atoms with Gasteiger partial charge in [0.2, 0.25) is 0 Å². The molecular weight excluding hydrogens is 811 g/mol. The third kappa shape index (κ3) is 46.7. The Hall–Kier alpha value is -2.19. The van der Waals surface area contributed by atoms with E-state index in [2.05, 4.69) is 38.2 Å². The molecular formula is C57H108NO7+. The van der Waals surface area contributed by atoms with Crippen LogP contribution < -0.4 is 0 Å². The van der Waals surface area contributed by atoms with Crippen LogP contribution in [0.1, 0.15) is 271 Å². The summed E-state index contributed by atoms with van der Waals surface area (Å²) in [4.78, 5) is 37.2. The average Bonchev–Trinajstić information content (AvgIpc) is 3.27. The molecule has 0 amide bonds. The van der Waals surface area contributed by atoms with E-state index in [-0.39, 0.29) is 36.2 Å². The van der Waals surface area contributed by atoms with Gasteiger partial charge in [-0.3, -0.25) is 9.59 Å². The lowest BCUT2D eigenvalue weighted by molar-refractivity contribution is -0.887. The van der Waals surface area contributed by atoms with Crippen LogP contribution in [-0.2, 0) is 28.6 Å². The lowest BCUT2D eigenvalue weighted by Gasteiger charge is -2.31. The number of rotatable bonds is 51. The summed E-state index contributed by atoms with van der Waals surface area (Å²) in [7, 11) is 5.55. The number of carbonyl (C=O) groups excluding carboxylic acids is 2. The minimum absolute atomic E-state index is 0.0475. The standard InChI is InChI=1S/C57H107NO7/c1-6-8-10-12-14-16-18-20-22-24-26-27-28-30-32-34-36-38-40-42-44-46-48-56(60)65-53(51-63-50-49-54(57(61)62)58(3,4)5)52-64-55(59)47-45-43-41-39-37-35-33-31-29-25-23-21-19-17-15-13-11-9-7-2/h15,17,19,21,53-54H,6-14,16,18,20,22-52H2,1-5H3/p+1/b17-15+,21-19+. The first-order valence-electron chi connectivity index (χ1n) is 27.9. The van der Waals surface area contributed by atoms with Gasteiger partial charge in [-0.25, -0.2) is 4.79 Å². The number of hydrogen-bond acceptors (Lipinski definition) is 6. The number of quaternary nitrogens is 1. The van der Waals surface area contributed by atoms with Crippen LogP contribution in [0, 0.1) is 0 Å². The number of nitrogens with zero attached hydrogens (tertiary/aromatic N) is 1. The molecule has 382 valence electrons. The van der Waals surface area contributed by atoms with Crippen molar-refractivity contribution in [2.75, 3.05) is 41.0 Å². The van der Waals surface area contributed by atoms with Crippen molar-refractivity contribution in [1.82, 2.24) is 0 Å². The average molecular weight is 919 g/mol. The number of hydrogen-bond donors (Lipinski definition) is 1. The molecule has 0 rings (SSSR count). The Bertz CT molecular complexity index is 1120. The highest BCUT2D eigenvalue weighted by Gasteiger charge is 2.31. The van der Waals surface area contributed by atoms with Crippen LogP contribution in [0.5, 0.6) is 0 Å². The third-order valence-electron chi connectivity index (χ3n) is 12.9. The highest BCUT2D eigenvalue weighted by atomic mass is 16.6. The second-order valence-electron chi connectivity index (χ2n) is 20.2. The summed E-state index contributed by atoms with van der Waals surface area (Å²) in [6.45, 7) is 4.76. The van der Waals surface area contributed by atoms with Gasteiger partial charge in [-0.1, -0.05) is 237 Å². The Kier molecular flexibility index (Phi) is 46.6. The molecule has 0 fully saturated rings. The predicted octanol–water partition coefficient (Wildman–Crippen LogP) is 16.4. The zero-order chi connectivity index (χ0) is 47.7. The summed E-state index contributed by atoms with van der Waals surface area (Å²) in [5, 5.41) is 9.67. The Morgan fingerprint density at radius 2 is 0.800 bits per heavy atom.